The van der Waals surface area contributed by atoms with Gasteiger partial charge in [0.15, 0.2) is 6.61 Å². The highest BCUT2D eigenvalue weighted by Crippen LogP contribution is 2.25. The lowest BCUT2D eigenvalue weighted by Crippen LogP contribution is -2.25. The van der Waals surface area contributed by atoms with Gasteiger partial charge in [0, 0.05) is 9.13 Å². The van der Waals surface area contributed by atoms with Crippen molar-refractivity contribution in [2.24, 2.45) is 5.10 Å². The molecule has 0 heterocycles. The van der Waals surface area contributed by atoms with Crippen LogP contribution < -0.4 is 10.2 Å². The summed E-state index contributed by atoms with van der Waals surface area (Å²) in [6.07, 6.45) is 1.26. The lowest BCUT2D eigenvalue weighted by atomic mass is 10.1. The van der Waals surface area contributed by atoms with E-state index in [1.54, 1.807) is 18.2 Å². The summed E-state index contributed by atoms with van der Waals surface area (Å²) in [7, 11) is 0. The fourth-order valence-corrected chi connectivity index (χ4v) is 2.98. The van der Waals surface area contributed by atoms with Gasteiger partial charge < -0.3 is 4.74 Å². The number of hydrogen-bond acceptors (Lipinski definition) is 3. The number of rotatable bonds is 5. The maximum atomic E-state index is 13.4. The van der Waals surface area contributed by atoms with Crippen LogP contribution in [0.15, 0.2) is 41.5 Å². The van der Waals surface area contributed by atoms with Crippen LogP contribution in [0.4, 0.5) is 4.39 Å². The topological polar surface area (TPSA) is 50.7 Å². The van der Waals surface area contributed by atoms with E-state index in [2.05, 4.69) is 33.1 Å². The van der Waals surface area contributed by atoms with Crippen molar-refractivity contribution in [3.8, 4) is 5.75 Å². The second kappa shape index (κ2) is 8.05. The first kappa shape index (κ1) is 17.4. The number of halogens is 2. The predicted molar refractivity (Wildman–Crippen MR) is 96.3 cm³/mol. The van der Waals surface area contributed by atoms with Crippen LogP contribution >= 0.6 is 22.6 Å². The van der Waals surface area contributed by atoms with E-state index >= 15 is 0 Å². The molecule has 0 atom stereocenters. The van der Waals surface area contributed by atoms with Crippen molar-refractivity contribution >= 4 is 34.7 Å². The number of carbonyl (C=O) groups is 1. The first-order chi connectivity index (χ1) is 11.0. The van der Waals surface area contributed by atoms with Crippen LogP contribution in [0.25, 0.3) is 0 Å². The molecule has 0 aliphatic rings. The van der Waals surface area contributed by atoms with Gasteiger partial charge in [-0.25, -0.2) is 9.82 Å². The highest BCUT2D eigenvalue weighted by molar-refractivity contribution is 14.1. The zero-order valence-electron chi connectivity index (χ0n) is 12.8. The lowest BCUT2D eigenvalue weighted by Gasteiger charge is -2.11. The van der Waals surface area contributed by atoms with Crippen molar-refractivity contribution in [3.63, 3.8) is 0 Å². The molecule has 2 aromatic carbocycles. The quantitative estimate of drug-likeness (QED) is 0.452. The Hall–Kier alpha value is -1.96. The second-order valence-electron chi connectivity index (χ2n) is 4.97. The SMILES string of the molecule is Cc1cc(I)cc(C)c1OCC(=O)N/N=C/c1ccccc1F. The molecule has 0 aliphatic heterocycles. The van der Waals surface area contributed by atoms with Gasteiger partial charge in [-0.05, 0) is 65.8 Å². The second-order valence-corrected chi connectivity index (χ2v) is 6.22. The maximum Gasteiger partial charge on any atom is 0.277 e. The van der Waals surface area contributed by atoms with Gasteiger partial charge >= 0.3 is 0 Å². The summed E-state index contributed by atoms with van der Waals surface area (Å²) in [6, 6.07) is 10.1. The molecule has 120 valence electrons. The monoisotopic (exact) mass is 426 g/mol. The molecule has 1 amide bonds. The number of nitrogens with one attached hydrogen (secondary N) is 1. The van der Waals surface area contributed by atoms with Crippen molar-refractivity contribution in [1.29, 1.82) is 0 Å². The normalized spacial score (nSPS) is 10.8. The van der Waals surface area contributed by atoms with E-state index in [0.717, 1.165) is 14.7 Å². The zero-order valence-corrected chi connectivity index (χ0v) is 14.9. The van der Waals surface area contributed by atoms with Crippen molar-refractivity contribution in [3.05, 3.63) is 62.5 Å². The van der Waals surface area contributed by atoms with Crippen LogP contribution in [0.5, 0.6) is 5.75 Å². The van der Waals surface area contributed by atoms with Crippen molar-refractivity contribution < 1.29 is 13.9 Å². The standard InChI is InChI=1S/C17H16FIN2O2/c1-11-7-14(19)8-12(2)17(11)23-10-16(22)21-20-9-13-5-3-4-6-15(13)18/h3-9H,10H2,1-2H3,(H,21,22)/b20-9+. The van der Waals surface area contributed by atoms with E-state index in [-0.39, 0.29) is 6.61 Å². The van der Waals surface area contributed by atoms with Crippen LogP contribution in [0.3, 0.4) is 0 Å². The number of carbonyl (C=O) groups excluding carboxylic acids is 1. The smallest absolute Gasteiger partial charge is 0.277 e. The van der Waals surface area contributed by atoms with E-state index in [0.29, 0.717) is 11.3 Å². The molecule has 2 rings (SSSR count). The Morgan fingerprint density at radius 3 is 2.61 bits per heavy atom. The average molecular weight is 426 g/mol. The lowest BCUT2D eigenvalue weighted by molar-refractivity contribution is -0.123. The van der Waals surface area contributed by atoms with E-state index in [9.17, 15) is 9.18 Å². The van der Waals surface area contributed by atoms with Crippen LogP contribution in [0.2, 0.25) is 0 Å². The third kappa shape index (κ3) is 5.02. The Labute approximate surface area is 147 Å². The zero-order chi connectivity index (χ0) is 16.8. The molecule has 0 aliphatic carbocycles. The molecule has 0 saturated heterocycles. The highest BCUT2D eigenvalue weighted by atomic mass is 127. The van der Waals surface area contributed by atoms with Gasteiger partial charge in [-0.3, -0.25) is 4.79 Å². The maximum absolute atomic E-state index is 13.4. The van der Waals surface area contributed by atoms with Gasteiger partial charge in [0.25, 0.3) is 5.91 Å². The molecule has 0 bridgehead atoms. The number of ether oxygens (including phenoxy) is 1. The largest absolute Gasteiger partial charge is 0.483 e. The van der Waals surface area contributed by atoms with Crippen LogP contribution in [0, 0.1) is 23.2 Å². The summed E-state index contributed by atoms with van der Waals surface area (Å²) < 4.78 is 20.0. The summed E-state index contributed by atoms with van der Waals surface area (Å²) in [6.45, 7) is 3.70. The number of amides is 1. The molecule has 0 radical (unpaired) electrons. The third-order valence-electron chi connectivity index (χ3n) is 3.07. The average Bonchev–Trinajstić information content (AvgIpc) is 2.48. The van der Waals surface area contributed by atoms with Gasteiger partial charge in [-0.15, -0.1) is 0 Å². The first-order valence-electron chi connectivity index (χ1n) is 6.93. The summed E-state index contributed by atoms with van der Waals surface area (Å²) in [5.74, 6) is -0.111. The van der Waals surface area contributed by atoms with Crippen molar-refractivity contribution in [2.45, 2.75) is 13.8 Å². The van der Waals surface area contributed by atoms with Crippen LogP contribution in [-0.2, 0) is 4.79 Å². The molecule has 0 unspecified atom stereocenters. The minimum Gasteiger partial charge on any atom is -0.483 e. The molecular weight excluding hydrogens is 410 g/mol. The predicted octanol–water partition coefficient (Wildman–Crippen LogP) is 3.58. The molecule has 6 heteroatoms. The number of aryl methyl sites for hydroxylation is 2. The summed E-state index contributed by atoms with van der Waals surface area (Å²) in [5.41, 5.74) is 4.56. The Balaban J connectivity index is 1.90. The summed E-state index contributed by atoms with van der Waals surface area (Å²) in [4.78, 5) is 11.7. The minimum atomic E-state index is -0.407. The minimum absolute atomic E-state index is 0.156. The molecule has 23 heavy (non-hydrogen) atoms. The van der Waals surface area contributed by atoms with E-state index in [4.69, 9.17) is 4.74 Å². The van der Waals surface area contributed by atoms with Crippen molar-refractivity contribution in [2.75, 3.05) is 6.61 Å². The summed E-state index contributed by atoms with van der Waals surface area (Å²) in [5, 5.41) is 3.73. The Bertz CT molecular complexity index is 724. The van der Waals surface area contributed by atoms with Gasteiger partial charge in [0.05, 0.1) is 6.21 Å². The molecule has 0 saturated carbocycles. The first-order valence-corrected chi connectivity index (χ1v) is 8.01. The highest BCUT2D eigenvalue weighted by Gasteiger charge is 2.08. The Morgan fingerprint density at radius 1 is 1.30 bits per heavy atom. The van der Waals surface area contributed by atoms with Gasteiger partial charge in [0.2, 0.25) is 0 Å². The molecule has 0 fully saturated rings. The van der Waals surface area contributed by atoms with E-state index < -0.39 is 11.7 Å². The summed E-state index contributed by atoms with van der Waals surface area (Å²) >= 11 is 2.23. The van der Waals surface area contributed by atoms with E-state index in [1.807, 2.05) is 26.0 Å². The third-order valence-corrected chi connectivity index (χ3v) is 3.69. The van der Waals surface area contributed by atoms with Crippen LogP contribution in [-0.4, -0.2) is 18.7 Å². The van der Waals surface area contributed by atoms with Gasteiger partial charge in [-0.1, -0.05) is 18.2 Å². The van der Waals surface area contributed by atoms with Gasteiger partial charge in [-0.2, -0.15) is 5.10 Å². The molecule has 1 N–H and O–H groups in total. The fraction of sp³-hybridized carbons (Fsp3) is 0.176. The molecular formula is C17H16FIN2O2. The van der Waals surface area contributed by atoms with Gasteiger partial charge in [0.1, 0.15) is 11.6 Å². The molecule has 2 aromatic rings. The Morgan fingerprint density at radius 2 is 1.96 bits per heavy atom. The molecule has 0 aromatic heterocycles. The number of hydrazone groups is 1. The molecule has 0 spiro atoms. The molecule has 4 nitrogen and oxygen atoms in total. The van der Waals surface area contributed by atoms with E-state index in [1.165, 1.54) is 12.3 Å². The van der Waals surface area contributed by atoms with Crippen LogP contribution in [0.1, 0.15) is 16.7 Å². The number of hydrogen-bond donors (Lipinski definition) is 1. The number of benzene rings is 2. The number of nitrogens with zero attached hydrogens (tertiary/aromatic N) is 1. The fourth-order valence-electron chi connectivity index (χ4n) is 2.05. The Kier molecular flexibility index (Phi) is 6.09. The van der Waals surface area contributed by atoms with Crippen molar-refractivity contribution in [1.82, 2.24) is 5.43 Å².